The smallest absolute Gasteiger partial charge is 0.0105 e. The first-order valence-corrected chi connectivity index (χ1v) is 8.63. The molecule has 0 fully saturated rings. The van der Waals surface area contributed by atoms with Gasteiger partial charge >= 0.3 is 0 Å². The minimum atomic E-state index is 1.25. The van der Waals surface area contributed by atoms with Gasteiger partial charge in [-0.3, -0.25) is 0 Å². The quantitative estimate of drug-likeness (QED) is 0.381. The van der Waals surface area contributed by atoms with E-state index in [-0.39, 0.29) is 0 Å². The molecule has 0 spiro atoms. The van der Waals surface area contributed by atoms with E-state index in [9.17, 15) is 0 Å². The van der Waals surface area contributed by atoms with E-state index >= 15 is 0 Å². The molecule has 0 amide bonds. The van der Waals surface area contributed by atoms with Crippen LogP contribution < -0.4 is 0 Å². The van der Waals surface area contributed by atoms with Gasteiger partial charge in [0.25, 0.3) is 0 Å². The Kier molecular flexibility index (Phi) is 4.18. The standard InChI is InChI=1S/C25H20/c1-19-11-13-20(14-12-19)21-15-17-23(18-16-21)25-10-6-5-9-24(25)22-7-3-2-4-8-22/h2-18H,1H3. The van der Waals surface area contributed by atoms with Crippen molar-refractivity contribution in [2.75, 3.05) is 0 Å². The van der Waals surface area contributed by atoms with Gasteiger partial charge in [-0.2, -0.15) is 0 Å². The van der Waals surface area contributed by atoms with Gasteiger partial charge < -0.3 is 0 Å². The molecule has 0 heteroatoms. The molecular formula is C25H20. The number of rotatable bonds is 3. The summed E-state index contributed by atoms with van der Waals surface area (Å²) in [6.45, 7) is 2.12. The molecule has 0 radical (unpaired) electrons. The summed E-state index contributed by atoms with van der Waals surface area (Å²) in [5.74, 6) is 0. The van der Waals surface area contributed by atoms with Crippen LogP contribution >= 0.6 is 0 Å². The van der Waals surface area contributed by atoms with Gasteiger partial charge in [-0.25, -0.2) is 0 Å². The second-order valence-electron chi connectivity index (χ2n) is 6.35. The molecular weight excluding hydrogens is 300 g/mol. The van der Waals surface area contributed by atoms with E-state index in [2.05, 4.69) is 110 Å². The molecule has 0 aliphatic rings. The van der Waals surface area contributed by atoms with Crippen molar-refractivity contribution in [3.63, 3.8) is 0 Å². The SMILES string of the molecule is Cc1ccc(-c2ccc(-c3ccccc3-c3ccccc3)cc2)cc1. The molecule has 0 saturated carbocycles. The Morgan fingerprint density at radius 1 is 0.360 bits per heavy atom. The van der Waals surface area contributed by atoms with Crippen LogP contribution in [0.1, 0.15) is 5.56 Å². The minimum absolute atomic E-state index is 1.25. The third-order valence-corrected chi connectivity index (χ3v) is 4.59. The second-order valence-corrected chi connectivity index (χ2v) is 6.35. The fourth-order valence-corrected chi connectivity index (χ4v) is 3.19. The highest BCUT2D eigenvalue weighted by atomic mass is 14.1. The molecule has 4 aromatic rings. The predicted octanol–water partition coefficient (Wildman–Crippen LogP) is 7.00. The molecule has 4 rings (SSSR count). The third kappa shape index (κ3) is 3.25. The molecule has 4 aromatic carbocycles. The van der Waals surface area contributed by atoms with E-state index in [1.807, 2.05) is 0 Å². The fourth-order valence-electron chi connectivity index (χ4n) is 3.19. The Bertz CT molecular complexity index is 962. The molecule has 0 N–H and O–H groups in total. The maximum absolute atomic E-state index is 2.22. The zero-order chi connectivity index (χ0) is 17.1. The van der Waals surface area contributed by atoms with Crippen molar-refractivity contribution in [3.8, 4) is 33.4 Å². The summed E-state index contributed by atoms with van der Waals surface area (Å²) in [5, 5.41) is 0. The molecule has 0 atom stereocenters. The van der Waals surface area contributed by atoms with Crippen LogP contribution in [0.5, 0.6) is 0 Å². The highest BCUT2D eigenvalue weighted by molar-refractivity contribution is 5.84. The average Bonchev–Trinajstić information content (AvgIpc) is 2.69. The van der Waals surface area contributed by atoms with Gasteiger partial charge in [0.2, 0.25) is 0 Å². The van der Waals surface area contributed by atoms with E-state index in [0.29, 0.717) is 0 Å². The Balaban J connectivity index is 1.73. The first kappa shape index (κ1) is 15.4. The van der Waals surface area contributed by atoms with Gasteiger partial charge in [0.15, 0.2) is 0 Å². The van der Waals surface area contributed by atoms with Crippen LogP contribution in [0.2, 0.25) is 0 Å². The molecule has 0 aliphatic carbocycles. The van der Waals surface area contributed by atoms with Crippen molar-refractivity contribution < 1.29 is 0 Å². The van der Waals surface area contributed by atoms with Crippen molar-refractivity contribution in [1.29, 1.82) is 0 Å². The zero-order valence-corrected chi connectivity index (χ0v) is 14.3. The number of aryl methyl sites for hydroxylation is 1. The van der Waals surface area contributed by atoms with Crippen LogP contribution in [-0.2, 0) is 0 Å². The van der Waals surface area contributed by atoms with Crippen LogP contribution in [0.3, 0.4) is 0 Å². The summed E-state index contributed by atoms with van der Waals surface area (Å²) in [7, 11) is 0. The first-order chi connectivity index (χ1) is 12.3. The van der Waals surface area contributed by atoms with E-state index in [1.165, 1.54) is 38.9 Å². The van der Waals surface area contributed by atoms with E-state index in [1.54, 1.807) is 0 Å². The van der Waals surface area contributed by atoms with Crippen LogP contribution in [0.15, 0.2) is 103 Å². The molecule has 0 aliphatic heterocycles. The number of hydrogen-bond acceptors (Lipinski definition) is 0. The summed E-state index contributed by atoms with van der Waals surface area (Å²) in [6.07, 6.45) is 0. The summed E-state index contributed by atoms with van der Waals surface area (Å²) in [4.78, 5) is 0. The lowest BCUT2D eigenvalue weighted by molar-refractivity contribution is 1.47. The summed E-state index contributed by atoms with van der Waals surface area (Å²) >= 11 is 0. The van der Waals surface area contributed by atoms with Crippen LogP contribution in [0.25, 0.3) is 33.4 Å². The molecule has 0 nitrogen and oxygen atoms in total. The van der Waals surface area contributed by atoms with Gasteiger partial charge in [-0.15, -0.1) is 0 Å². The zero-order valence-electron chi connectivity index (χ0n) is 14.3. The van der Waals surface area contributed by atoms with Crippen molar-refractivity contribution in [2.24, 2.45) is 0 Å². The number of hydrogen-bond donors (Lipinski definition) is 0. The lowest BCUT2D eigenvalue weighted by atomic mass is 9.93. The Labute approximate surface area is 149 Å². The summed E-state index contributed by atoms with van der Waals surface area (Å²) < 4.78 is 0. The minimum Gasteiger partial charge on any atom is -0.0622 e. The van der Waals surface area contributed by atoms with Gasteiger partial charge in [0.05, 0.1) is 0 Å². The van der Waals surface area contributed by atoms with Gasteiger partial charge in [0, 0.05) is 0 Å². The largest absolute Gasteiger partial charge is 0.0622 e. The lowest BCUT2D eigenvalue weighted by Gasteiger charge is -2.11. The topological polar surface area (TPSA) is 0 Å². The average molecular weight is 320 g/mol. The molecule has 0 saturated heterocycles. The van der Waals surface area contributed by atoms with Crippen molar-refractivity contribution in [1.82, 2.24) is 0 Å². The normalized spacial score (nSPS) is 10.6. The monoisotopic (exact) mass is 320 g/mol. The maximum atomic E-state index is 2.22. The molecule has 0 bridgehead atoms. The Morgan fingerprint density at radius 3 is 1.32 bits per heavy atom. The van der Waals surface area contributed by atoms with Gasteiger partial charge in [-0.05, 0) is 40.3 Å². The predicted molar refractivity (Wildman–Crippen MR) is 107 cm³/mol. The Hall–Kier alpha value is -3.12. The lowest BCUT2D eigenvalue weighted by Crippen LogP contribution is -1.85. The van der Waals surface area contributed by atoms with E-state index < -0.39 is 0 Å². The van der Waals surface area contributed by atoms with E-state index in [0.717, 1.165) is 0 Å². The molecule has 0 aromatic heterocycles. The Morgan fingerprint density at radius 2 is 0.760 bits per heavy atom. The maximum Gasteiger partial charge on any atom is -0.0105 e. The third-order valence-electron chi connectivity index (χ3n) is 4.59. The molecule has 120 valence electrons. The van der Waals surface area contributed by atoms with Gasteiger partial charge in [-0.1, -0.05) is 109 Å². The summed E-state index contributed by atoms with van der Waals surface area (Å²) in [6, 6.07) is 36.7. The highest BCUT2D eigenvalue weighted by Crippen LogP contribution is 2.33. The van der Waals surface area contributed by atoms with Crippen molar-refractivity contribution in [2.45, 2.75) is 6.92 Å². The number of benzene rings is 4. The van der Waals surface area contributed by atoms with Gasteiger partial charge in [0.1, 0.15) is 0 Å². The summed E-state index contributed by atoms with van der Waals surface area (Å²) in [5.41, 5.74) is 8.83. The van der Waals surface area contributed by atoms with Crippen molar-refractivity contribution in [3.05, 3.63) is 109 Å². The molecule has 0 unspecified atom stereocenters. The van der Waals surface area contributed by atoms with Crippen LogP contribution in [0, 0.1) is 6.92 Å². The van der Waals surface area contributed by atoms with Crippen molar-refractivity contribution >= 4 is 0 Å². The van der Waals surface area contributed by atoms with Crippen LogP contribution in [-0.4, -0.2) is 0 Å². The highest BCUT2D eigenvalue weighted by Gasteiger charge is 2.07. The molecule has 25 heavy (non-hydrogen) atoms. The first-order valence-electron chi connectivity index (χ1n) is 8.63. The second kappa shape index (κ2) is 6.78. The van der Waals surface area contributed by atoms with Crippen LogP contribution in [0.4, 0.5) is 0 Å². The molecule has 0 heterocycles. The fraction of sp³-hybridized carbons (Fsp3) is 0.0400. The van der Waals surface area contributed by atoms with E-state index in [4.69, 9.17) is 0 Å².